The van der Waals surface area contributed by atoms with E-state index in [1.807, 2.05) is 0 Å². The number of ether oxygens (including phenoxy) is 1. The van der Waals surface area contributed by atoms with Gasteiger partial charge in [-0.3, -0.25) is 0 Å². The molecule has 2 amide bonds. The van der Waals surface area contributed by atoms with E-state index in [1.54, 1.807) is 13.8 Å². The van der Waals surface area contributed by atoms with Crippen molar-refractivity contribution < 1.29 is 31.1 Å². The molecule has 1 fully saturated rings. The number of benzene rings is 1. The van der Waals surface area contributed by atoms with Gasteiger partial charge in [0.2, 0.25) is 10.0 Å². The Bertz CT molecular complexity index is 920. The van der Waals surface area contributed by atoms with Gasteiger partial charge in [0.1, 0.15) is 5.75 Å². The van der Waals surface area contributed by atoms with Crippen molar-refractivity contribution in [2.75, 3.05) is 19.6 Å². The number of nitrogens with two attached hydrogens (primary N) is 1. The molecule has 0 aromatic heterocycles. The number of piperazine rings is 1. The van der Waals surface area contributed by atoms with Gasteiger partial charge in [0.25, 0.3) is 0 Å². The monoisotopic (exact) mass is 467 g/mol. The highest BCUT2D eigenvalue weighted by molar-refractivity contribution is 8.12. The standard InChI is InChI=1S/C16H20F3N5O4S2/c1-3-21-29-14(20)22-15(25)23-8-9-24(11(2)10-23)30(26,27)13-6-4-12(5-7-13)28-16(17,18)19/h3-7,11H,8-10H2,1-2H3,(H2,20,22,25)/b21-3+/t11-/m0/s1. The van der Waals surface area contributed by atoms with Crippen molar-refractivity contribution >= 4 is 39.4 Å². The van der Waals surface area contributed by atoms with Crippen molar-refractivity contribution in [3.05, 3.63) is 24.3 Å². The number of aliphatic imine (C=N–C) groups is 1. The Labute approximate surface area is 176 Å². The topological polar surface area (TPSA) is 118 Å². The normalized spacial score (nSPS) is 19.3. The fourth-order valence-electron chi connectivity index (χ4n) is 2.71. The summed E-state index contributed by atoms with van der Waals surface area (Å²) in [4.78, 5) is 17.1. The van der Waals surface area contributed by atoms with Gasteiger partial charge in [-0.05, 0) is 38.1 Å². The molecule has 0 spiro atoms. The van der Waals surface area contributed by atoms with Crippen LogP contribution in [0.3, 0.4) is 0 Å². The van der Waals surface area contributed by atoms with Crippen LogP contribution < -0.4 is 10.5 Å². The van der Waals surface area contributed by atoms with Gasteiger partial charge in [0.15, 0.2) is 5.17 Å². The number of sulfonamides is 1. The summed E-state index contributed by atoms with van der Waals surface area (Å²) in [7, 11) is -3.98. The number of alkyl halides is 3. The van der Waals surface area contributed by atoms with Gasteiger partial charge in [0, 0.05) is 43.8 Å². The van der Waals surface area contributed by atoms with Crippen LogP contribution in [0.2, 0.25) is 0 Å². The molecule has 1 aromatic carbocycles. The van der Waals surface area contributed by atoms with Gasteiger partial charge in [-0.1, -0.05) is 0 Å². The van der Waals surface area contributed by atoms with E-state index >= 15 is 0 Å². The largest absolute Gasteiger partial charge is 0.573 e. The molecule has 166 valence electrons. The lowest BCUT2D eigenvalue weighted by Gasteiger charge is -2.38. The number of urea groups is 1. The van der Waals surface area contributed by atoms with Crippen LogP contribution in [0, 0.1) is 0 Å². The van der Waals surface area contributed by atoms with Crippen LogP contribution in [0.15, 0.2) is 38.6 Å². The minimum Gasteiger partial charge on any atom is -0.406 e. The molecule has 1 heterocycles. The molecule has 1 atom stereocenters. The molecule has 1 saturated heterocycles. The molecule has 1 aromatic rings. The zero-order valence-corrected chi connectivity index (χ0v) is 17.7. The molecule has 2 N–H and O–H groups in total. The first kappa shape index (κ1) is 24.0. The van der Waals surface area contributed by atoms with Crippen LogP contribution in [0.4, 0.5) is 18.0 Å². The molecule has 0 aliphatic carbocycles. The Morgan fingerprint density at radius 3 is 2.47 bits per heavy atom. The van der Waals surface area contributed by atoms with E-state index in [4.69, 9.17) is 5.73 Å². The van der Waals surface area contributed by atoms with Gasteiger partial charge < -0.3 is 15.4 Å². The second kappa shape index (κ2) is 9.66. The smallest absolute Gasteiger partial charge is 0.406 e. The van der Waals surface area contributed by atoms with Crippen molar-refractivity contribution in [3.63, 3.8) is 0 Å². The van der Waals surface area contributed by atoms with Crippen molar-refractivity contribution in [1.29, 1.82) is 0 Å². The lowest BCUT2D eigenvalue weighted by atomic mass is 10.2. The molecule has 2 rings (SSSR count). The number of carbonyl (C=O) groups excluding carboxylic acids is 1. The molecule has 0 radical (unpaired) electrons. The molecule has 14 heteroatoms. The first-order chi connectivity index (χ1) is 13.9. The average molecular weight is 467 g/mol. The Hall–Kier alpha value is -2.32. The molecular weight excluding hydrogens is 447 g/mol. The van der Waals surface area contributed by atoms with E-state index in [1.165, 1.54) is 15.4 Å². The third-order valence-corrected chi connectivity index (χ3v) is 6.58. The molecule has 1 aliphatic rings. The summed E-state index contributed by atoms with van der Waals surface area (Å²) in [5, 5.41) is -0.0398. The zero-order valence-electron chi connectivity index (χ0n) is 16.0. The summed E-state index contributed by atoms with van der Waals surface area (Å²) in [6.07, 6.45) is -3.38. The molecule has 1 aliphatic heterocycles. The summed E-state index contributed by atoms with van der Waals surface area (Å²) >= 11 is 0.839. The van der Waals surface area contributed by atoms with Crippen molar-refractivity contribution in [2.45, 2.75) is 31.1 Å². The highest BCUT2D eigenvalue weighted by Crippen LogP contribution is 2.26. The number of amides is 2. The first-order valence-electron chi connectivity index (χ1n) is 8.59. The summed E-state index contributed by atoms with van der Waals surface area (Å²) in [5.74, 6) is -0.523. The van der Waals surface area contributed by atoms with Crippen LogP contribution >= 0.6 is 11.9 Å². The molecule has 0 bridgehead atoms. The van der Waals surface area contributed by atoms with Crippen LogP contribution in [0.1, 0.15) is 13.8 Å². The molecule has 9 nitrogen and oxygen atoms in total. The van der Waals surface area contributed by atoms with E-state index in [0.29, 0.717) is 0 Å². The fraction of sp³-hybridized carbons (Fsp3) is 0.438. The summed E-state index contributed by atoms with van der Waals surface area (Å²) in [6, 6.07) is 2.74. The van der Waals surface area contributed by atoms with E-state index in [2.05, 4.69) is 14.1 Å². The fourth-order valence-corrected chi connectivity index (χ4v) is 4.66. The summed E-state index contributed by atoms with van der Waals surface area (Å²) < 4.78 is 71.2. The van der Waals surface area contributed by atoms with E-state index < -0.39 is 34.2 Å². The number of carbonyl (C=O) groups is 1. The lowest BCUT2D eigenvalue weighted by molar-refractivity contribution is -0.274. The highest BCUT2D eigenvalue weighted by Gasteiger charge is 2.36. The predicted molar refractivity (Wildman–Crippen MR) is 107 cm³/mol. The van der Waals surface area contributed by atoms with Crippen LogP contribution in [-0.2, 0) is 10.0 Å². The highest BCUT2D eigenvalue weighted by atomic mass is 32.2. The maximum Gasteiger partial charge on any atom is 0.573 e. The van der Waals surface area contributed by atoms with E-state index in [9.17, 15) is 26.4 Å². The second-order valence-corrected chi connectivity index (χ2v) is 8.82. The molecule has 30 heavy (non-hydrogen) atoms. The minimum atomic E-state index is -4.87. The second-order valence-electron chi connectivity index (χ2n) is 6.12. The van der Waals surface area contributed by atoms with E-state index in [0.717, 1.165) is 36.2 Å². The minimum absolute atomic E-state index is 0.00821. The maximum absolute atomic E-state index is 12.9. The molecule has 0 unspecified atom stereocenters. The summed E-state index contributed by atoms with van der Waals surface area (Å²) in [6.45, 7) is 3.44. The number of hydrogen-bond acceptors (Lipinski definition) is 6. The average Bonchev–Trinajstić information content (AvgIpc) is 2.65. The third-order valence-electron chi connectivity index (χ3n) is 3.96. The zero-order chi connectivity index (χ0) is 22.5. The summed E-state index contributed by atoms with van der Waals surface area (Å²) in [5.41, 5.74) is 5.59. The van der Waals surface area contributed by atoms with Gasteiger partial charge in [-0.25, -0.2) is 17.6 Å². The van der Waals surface area contributed by atoms with Gasteiger partial charge >= 0.3 is 12.4 Å². The number of hydrogen-bond donors (Lipinski definition) is 1. The number of halogens is 3. The SMILES string of the molecule is C/C=N/S/C(N)=N\C(=O)N1CCN(S(=O)(=O)c2ccc(OC(F)(F)F)cc2)[C@@H](C)C1. The number of amidine groups is 1. The predicted octanol–water partition coefficient (Wildman–Crippen LogP) is 2.45. The molecular formula is C16H20F3N5O4S2. The van der Waals surface area contributed by atoms with Gasteiger partial charge in [-0.15, -0.1) is 13.2 Å². The first-order valence-corrected chi connectivity index (χ1v) is 10.8. The van der Waals surface area contributed by atoms with Crippen LogP contribution in [0.25, 0.3) is 0 Å². The Morgan fingerprint density at radius 2 is 1.93 bits per heavy atom. The van der Waals surface area contributed by atoms with Crippen molar-refractivity contribution in [1.82, 2.24) is 9.21 Å². The number of rotatable bonds is 4. The molecule has 0 saturated carbocycles. The van der Waals surface area contributed by atoms with Crippen LogP contribution in [0.5, 0.6) is 5.75 Å². The van der Waals surface area contributed by atoms with Gasteiger partial charge in [-0.2, -0.15) is 9.30 Å². The Kier molecular flexibility index (Phi) is 7.71. The van der Waals surface area contributed by atoms with Gasteiger partial charge in [0.05, 0.1) is 4.90 Å². The lowest BCUT2D eigenvalue weighted by Crippen LogP contribution is -2.54. The number of nitrogens with zero attached hydrogens (tertiary/aromatic N) is 4. The van der Waals surface area contributed by atoms with E-state index in [-0.39, 0.29) is 29.7 Å². The van der Waals surface area contributed by atoms with Crippen molar-refractivity contribution in [3.8, 4) is 5.75 Å². The third kappa shape index (κ3) is 6.34. The Balaban J connectivity index is 2.08. The quantitative estimate of drug-likeness (QED) is 0.413. The maximum atomic E-state index is 12.9. The van der Waals surface area contributed by atoms with Crippen LogP contribution in [-0.4, -0.2) is 67.1 Å². The van der Waals surface area contributed by atoms with Crippen molar-refractivity contribution in [2.24, 2.45) is 15.1 Å². The Morgan fingerprint density at radius 1 is 1.30 bits per heavy atom.